The molecule has 1 aromatic carbocycles. The van der Waals surface area contributed by atoms with Crippen molar-refractivity contribution >= 4 is 5.97 Å². The van der Waals surface area contributed by atoms with Gasteiger partial charge in [-0.25, -0.2) is 4.79 Å². The molecule has 0 aromatic heterocycles. The molecule has 0 aliphatic rings. The fourth-order valence-electron chi connectivity index (χ4n) is 1.46. The van der Waals surface area contributed by atoms with Gasteiger partial charge in [0.25, 0.3) is 0 Å². The van der Waals surface area contributed by atoms with E-state index < -0.39 is 0 Å². The van der Waals surface area contributed by atoms with Crippen LogP contribution in [0.1, 0.15) is 25.8 Å². The third-order valence-electron chi connectivity index (χ3n) is 2.34. The first kappa shape index (κ1) is 14.5. The van der Waals surface area contributed by atoms with Gasteiger partial charge in [-0.1, -0.05) is 19.1 Å². The fourth-order valence-corrected chi connectivity index (χ4v) is 1.46. The van der Waals surface area contributed by atoms with E-state index in [4.69, 9.17) is 9.47 Å². The number of nitrogens with one attached hydrogen (secondary N) is 1. The van der Waals surface area contributed by atoms with Gasteiger partial charge in [-0.15, -0.1) is 0 Å². The highest BCUT2D eigenvalue weighted by molar-refractivity contribution is 5.71. The van der Waals surface area contributed by atoms with E-state index in [1.807, 2.05) is 24.3 Å². The van der Waals surface area contributed by atoms with E-state index in [9.17, 15) is 4.79 Å². The van der Waals surface area contributed by atoms with Crippen molar-refractivity contribution in [2.24, 2.45) is 0 Å². The minimum atomic E-state index is -0.341. The van der Waals surface area contributed by atoms with Gasteiger partial charge in [0.2, 0.25) is 0 Å². The lowest BCUT2D eigenvalue weighted by atomic mass is 10.2. The fraction of sp³-hybridized carbons (Fsp3) is 0.500. The Kier molecular flexibility index (Phi) is 6.87. The van der Waals surface area contributed by atoms with Crippen LogP contribution in [0.4, 0.5) is 0 Å². The standard InChI is InChI=1S/C14H21NO3/c1-3-9-15-10-12-5-7-13(8-6-12)18-11-14(16)17-4-2/h5-8,15H,3-4,9-11H2,1-2H3. The maximum absolute atomic E-state index is 11.1. The summed E-state index contributed by atoms with van der Waals surface area (Å²) in [5.74, 6) is 0.341. The highest BCUT2D eigenvalue weighted by Gasteiger charge is 2.02. The lowest BCUT2D eigenvalue weighted by Gasteiger charge is -2.07. The monoisotopic (exact) mass is 251 g/mol. The van der Waals surface area contributed by atoms with Crippen LogP contribution < -0.4 is 10.1 Å². The van der Waals surface area contributed by atoms with Crippen LogP contribution in [0.25, 0.3) is 0 Å². The molecular formula is C14H21NO3. The van der Waals surface area contributed by atoms with Crippen LogP contribution in [0, 0.1) is 0 Å². The molecule has 0 aliphatic carbocycles. The molecule has 4 heteroatoms. The summed E-state index contributed by atoms with van der Waals surface area (Å²) in [6, 6.07) is 7.71. The number of ether oxygens (including phenoxy) is 2. The van der Waals surface area contributed by atoms with Crippen molar-refractivity contribution in [3.8, 4) is 5.75 Å². The Balaban J connectivity index is 2.33. The van der Waals surface area contributed by atoms with Crippen LogP contribution in [-0.4, -0.2) is 25.7 Å². The van der Waals surface area contributed by atoms with E-state index in [1.54, 1.807) is 6.92 Å². The third-order valence-corrected chi connectivity index (χ3v) is 2.34. The van der Waals surface area contributed by atoms with Crippen molar-refractivity contribution in [2.75, 3.05) is 19.8 Å². The number of hydrogen-bond donors (Lipinski definition) is 1. The average molecular weight is 251 g/mol. The topological polar surface area (TPSA) is 47.6 Å². The predicted octanol–water partition coefficient (Wildman–Crippen LogP) is 2.13. The summed E-state index contributed by atoms with van der Waals surface area (Å²) >= 11 is 0. The van der Waals surface area contributed by atoms with Crippen LogP contribution in [0.2, 0.25) is 0 Å². The zero-order valence-corrected chi connectivity index (χ0v) is 11.1. The number of rotatable bonds is 8. The van der Waals surface area contributed by atoms with Crippen LogP contribution in [0.15, 0.2) is 24.3 Å². The van der Waals surface area contributed by atoms with E-state index in [0.29, 0.717) is 12.4 Å². The Morgan fingerprint density at radius 1 is 1.22 bits per heavy atom. The molecule has 0 heterocycles. The lowest BCUT2D eigenvalue weighted by molar-refractivity contribution is -0.145. The highest BCUT2D eigenvalue weighted by atomic mass is 16.6. The van der Waals surface area contributed by atoms with Crippen molar-refractivity contribution in [1.29, 1.82) is 0 Å². The van der Waals surface area contributed by atoms with Crippen LogP contribution in [-0.2, 0) is 16.1 Å². The van der Waals surface area contributed by atoms with E-state index in [2.05, 4.69) is 12.2 Å². The van der Waals surface area contributed by atoms with Gasteiger partial charge >= 0.3 is 5.97 Å². The van der Waals surface area contributed by atoms with Crippen LogP contribution in [0.5, 0.6) is 5.75 Å². The molecule has 0 fully saturated rings. The summed E-state index contributed by atoms with van der Waals surface area (Å²) in [7, 11) is 0. The molecule has 0 bridgehead atoms. The van der Waals surface area contributed by atoms with E-state index in [0.717, 1.165) is 19.5 Å². The Morgan fingerprint density at radius 2 is 1.94 bits per heavy atom. The zero-order chi connectivity index (χ0) is 13.2. The Morgan fingerprint density at radius 3 is 2.56 bits per heavy atom. The van der Waals surface area contributed by atoms with E-state index >= 15 is 0 Å². The summed E-state index contributed by atoms with van der Waals surface area (Å²) in [4.78, 5) is 11.1. The van der Waals surface area contributed by atoms with Gasteiger partial charge < -0.3 is 14.8 Å². The number of esters is 1. The average Bonchev–Trinajstić information content (AvgIpc) is 2.38. The minimum Gasteiger partial charge on any atom is -0.482 e. The molecule has 0 spiro atoms. The van der Waals surface area contributed by atoms with Crippen LogP contribution >= 0.6 is 0 Å². The number of hydrogen-bond acceptors (Lipinski definition) is 4. The molecule has 18 heavy (non-hydrogen) atoms. The summed E-state index contributed by atoms with van der Waals surface area (Å²) in [5.41, 5.74) is 1.20. The van der Waals surface area contributed by atoms with E-state index in [-0.39, 0.29) is 12.6 Å². The molecule has 100 valence electrons. The maximum Gasteiger partial charge on any atom is 0.344 e. The van der Waals surface area contributed by atoms with E-state index in [1.165, 1.54) is 5.56 Å². The Hall–Kier alpha value is -1.55. The lowest BCUT2D eigenvalue weighted by Crippen LogP contribution is -2.15. The highest BCUT2D eigenvalue weighted by Crippen LogP contribution is 2.12. The van der Waals surface area contributed by atoms with Crippen molar-refractivity contribution < 1.29 is 14.3 Å². The number of benzene rings is 1. The van der Waals surface area contributed by atoms with Crippen molar-refractivity contribution in [3.63, 3.8) is 0 Å². The molecule has 4 nitrogen and oxygen atoms in total. The molecule has 1 N–H and O–H groups in total. The third kappa shape index (κ3) is 5.68. The zero-order valence-electron chi connectivity index (χ0n) is 11.1. The smallest absolute Gasteiger partial charge is 0.344 e. The van der Waals surface area contributed by atoms with Crippen molar-refractivity contribution in [1.82, 2.24) is 5.32 Å². The van der Waals surface area contributed by atoms with Gasteiger partial charge in [0.05, 0.1) is 6.61 Å². The van der Waals surface area contributed by atoms with Gasteiger partial charge in [0.1, 0.15) is 5.75 Å². The van der Waals surface area contributed by atoms with Crippen LogP contribution in [0.3, 0.4) is 0 Å². The second kappa shape index (κ2) is 8.53. The molecular weight excluding hydrogens is 230 g/mol. The first-order valence-corrected chi connectivity index (χ1v) is 6.34. The largest absolute Gasteiger partial charge is 0.482 e. The molecule has 0 saturated carbocycles. The normalized spacial score (nSPS) is 10.1. The first-order valence-electron chi connectivity index (χ1n) is 6.34. The molecule has 1 rings (SSSR count). The SMILES string of the molecule is CCCNCc1ccc(OCC(=O)OCC)cc1. The molecule has 0 amide bonds. The van der Waals surface area contributed by atoms with Crippen molar-refractivity contribution in [2.45, 2.75) is 26.8 Å². The molecule has 0 unspecified atom stereocenters. The minimum absolute atomic E-state index is 0.0404. The molecule has 0 aliphatic heterocycles. The summed E-state index contributed by atoms with van der Waals surface area (Å²) < 4.78 is 10.1. The number of carbonyl (C=O) groups excluding carboxylic acids is 1. The van der Waals surface area contributed by atoms with Crippen molar-refractivity contribution in [3.05, 3.63) is 29.8 Å². The van der Waals surface area contributed by atoms with Gasteiger partial charge in [0.15, 0.2) is 6.61 Å². The molecule has 0 atom stereocenters. The Labute approximate surface area is 108 Å². The second-order valence-electron chi connectivity index (χ2n) is 3.91. The van der Waals surface area contributed by atoms with Gasteiger partial charge in [-0.05, 0) is 37.6 Å². The summed E-state index contributed by atoms with van der Waals surface area (Å²) in [5, 5.41) is 3.32. The molecule has 1 aromatic rings. The quantitative estimate of drug-likeness (QED) is 0.568. The number of carbonyl (C=O) groups is 1. The second-order valence-corrected chi connectivity index (χ2v) is 3.91. The van der Waals surface area contributed by atoms with Gasteiger partial charge in [-0.2, -0.15) is 0 Å². The first-order chi connectivity index (χ1) is 8.76. The Bertz CT molecular complexity index is 349. The molecule has 0 saturated heterocycles. The maximum atomic E-state index is 11.1. The predicted molar refractivity (Wildman–Crippen MR) is 70.6 cm³/mol. The molecule has 0 radical (unpaired) electrons. The van der Waals surface area contributed by atoms with Gasteiger partial charge in [0, 0.05) is 6.54 Å². The summed E-state index contributed by atoms with van der Waals surface area (Å²) in [6.45, 7) is 6.12. The summed E-state index contributed by atoms with van der Waals surface area (Å²) in [6.07, 6.45) is 1.13. The van der Waals surface area contributed by atoms with Gasteiger partial charge in [-0.3, -0.25) is 0 Å².